The number of benzene rings is 3. The second-order valence-corrected chi connectivity index (χ2v) is 12.5. The van der Waals surface area contributed by atoms with E-state index in [1.54, 1.807) is 66.7 Å². The van der Waals surface area contributed by atoms with Crippen LogP contribution in [0.5, 0.6) is 0 Å². The molecule has 0 heterocycles. The quantitative estimate of drug-likeness (QED) is 0.247. The first-order valence-electron chi connectivity index (χ1n) is 13.2. The normalized spacial score (nSPS) is 12.0. The van der Waals surface area contributed by atoms with E-state index < -0.39 is 28.5 Å². The Morgan fingerprint density at radius 1 is 0.975 bits per heavy atom. The zero-order valence-corrected chi connectivity index (χ0v) is 25.7. The molecule has 1 atom stereocenters. The number of carbonyl (C=O) groups excluding carboxylic acids is 2. The molecule has 0 aliphatic carbocycles. The molecule has 0 unspecified atom stereocenters. The Morgan fingerprint density at radius 2 is 1.62 bits per heavy atom. The summed E-state index contributed by atoms with van der Waals surface area (Å²) < 4.78 is 29.0. The SMILES string of the molecule is CCCNC(=O)[C@@H](CC)N(Cc1ccccc1Cl)C(=O)CN(c1ccc(C)cc1)S(=O)(=O)c1ccc(SC)cc1. The first kappa shape index (κ1) is 31.5. The molecule has 0 saturated carbocycles. The van der Waals surface area contributed by atoms with Crippen molar-refractivity contribution in [2.45, 2.75) is 56.0 Å². The van der Waals surface area contributed by atoms with E-state index in [-0.39, 0.29) is 17.3 Å². The summed E-state index contributed by atoms with van der Waals surface area (Å²) in [5, 5.41) is 3.34. The minimum atomic E-state index is -4.12. The van der Waals surface area contributed by atoms with Gasteiger partial charge in [0.25, 0.3) is 10.0 Å². The van der Waals surface area contributed by atoms with Gasteiger partial charge in [0.2, 0.25) is 11.8 Å². The Balaban J connectivity index is 2.05. The lowest BCUT2D eigenvalue weighted by Gasteiger charge is -2.33. The highest BCUT2D eigenvalue weighted by molar-refractivity contribution is 7.98. The molecule has 3 aromatic rings. The standard InChI is InChI=1S/C30H36ClN3O4S2/c1-5-19-32-30(36)28(6-2)33(20-23-9-7-8-10-27(23)31)29(35)21-34(24-13-11-22(3)12-14-24)40(37,38)26-17-15-25(39-4)16-18-26/h7-18,28H,5-6,19-21H2,1-4H3,(H,32,36)/t28-/m1/s1. The molecule has 0 fully saturated rings. The lowest BCUT2D eigenvalue weighted by atomic mass is 10.1. The van der Waals surface area contributed by atoms with Crippen LogP contribution in [-0.2, 0) is 26.2 Å². The van der Waals surface area contributed by atoms with Gasteiger partial charge in [-0.15, -0.1) is 11.8 Å². The number of thioether (sulfide) groups is 1. The van der Waals surface area contributed by atoms with Crippen LogP contribution in [0.25, 0.3) is 0 Å². The number of rotatable bonds is 13. The van der Waals surface area contributed by atoms with Gasteiger partial charge < -0.3 is 10.2 Å². The van der Waals surface area contributed by atoms with Crippen LogP contribution in [0.1, 0.15) is 37.8 Å². The number of carbonyl (C=O) groups is 2. The van der Waals surface area contributed by atoms with Crippen LogP contribution in [0.15, 0.2) is 82.6 Å². The number of anilines is 1. The Morgan fingerprint density at radius 3 is 2.20 bits per heavy atom. The van der Waals surface area contributed by atoms with E-state index in [9.17, 15) is 18.0 Å². The van der Waals surface area contributed by atoms with Gasteiger partial charge in [0.15, 0.2) is 0 Å². The van der Waals surface area contributed by atoms with Crippen LogP contribution in [0, 0.1) is 6.92 Å². The van der Waals surface area contributed by atoms with E-state index in [2.05, 4.69) is 5.32 Å². The molecule has 3 aromatic carbocycles. The van der Waals surface area contributed by atoms with Crippen molar-refractivity contribution in [3.63, 3.8) is 0 Å². The molecule has 2 amide bonds. The van der Waals surface area contributed by atoms with E-state index in [1.165, 1.54) is 16.7 Å². The number of halogens is 1. The molecule has 0 spiro atoms. The summed E-state index contributed by atoms with van der Waals surface area (Å²) in [6, 6.07) is 19.8. The van der Waals surface area contributed by atoms with E-state index >= 15 is 0 Å². The van der Waals surface area contributed by atoms with Gasteiger partial charge in [-0.25, -0.2) is 8.42 Å². The van der Waals surface area contributed by atoms with Crippen molar-refractivity contribution in [1.29, 1.82) is 0 Å². The van der Waals surface area contributed by atoms with E-state index in [0.29, 0.717) is 29.2 Å². The zero-order valence-electron chi connectivity index (χ0n) is 23.3. The van der Waals surface area contributed by atoms with Gasteiger partial charge >= 0.3 is 0 Å². The molecule has 0 saturated heterocycles. The molecule has 0 aliphatic rings. The molecule has 40 heavy (non-hydrogen) atoms. The Bertz CT molecular complexity index is 1400. The van der Waals surface area contributed by atoms with Gasteiger partial charge in [-0.1, -0.05) is 61.3 Å². The van der Waals surface area contributed by atoms with E-state index in [0.717, 1.165) is 21.2 Å². The lowest BCUT2D eigenvalue weighted by Crippen LogP contribution is -2.52. The van der Waals surface area contributed by atoms with Crippen molar-refractivity contribution in [2.75, 3.05) is 23.7 Å². The summed E-state index contributed by atoms with van der Waals surface area (Å²) in [7, 11) is -4.12. The second-order valence-electron chi connectivity index (χ2n) is 9.35. The highest BCUT2D eigenvalue weighted by Crippen LogP contribution is 2.27. The highest BCUT2D eigenvalue weighted by atomic mass is 35.5. The minimum absolute atomic E-state index is 0.0563. The number of amides is 2. The summed E-state index contributed by atoms with van der Waals surface area (Å²) in [6.07, 6.45) is 3.00. The third-order valence-electron chi connectivity index (χ3n) is 6.48. The van der Waals surface area contributed by atoms with Crippen molar-refractivity contribution in [1.82, 2.24) is 10.2 Å². The summed E-state index contributed by atoms with van der Waals surface area (Å²) in [5.74, 6) is -0.801. The third-order valence-corrected chi connectivity index (χ3v) is 9.38. The van der Waals surface area contributed by atoms with Crippen molar-refractivity contribution in [2.24, 2.45) is 0 Å². The fraction of sp³-hybridized carbons (Fsp3) is 0.333. The average molecular weight is 602 g/mol. The van der Waals surface area contributed by atoms with Crippen LogP contribution in [0.3, 0.4) is 0 Å². The Labute approximate surface area is 247 Å². The van der Waals surface area contributed by atoms with Crippen molar-refractivity contribution in [3.8, 4) is 0 Å². The maximum atomic E-state index is 14.1. The first-order chi connectivity index (χ1) is 19.1. The van der Waals surface area contributed by atoms with Crippen molar-refractivity contribution in [3.05, 3.63) is 88.9 Å². The van der Waals surface area contributed by atoms with E-state index in [4.69, 9.17) is 11.6 Å². The van der Waals surface area contributed by atoms with Crippen molar-refractivity contribution < 1.29 is 18.0 Å². The van der Waals surface area contributed by atoms with Crippen molar-refractivity contribution >= 4 is 50.9 Å². The van der Waals surface area contributed by atoms with Gasteiger partial charge in [0.05, 0.1) is 10.6 Å². The van der Waals surface area contributed by atoms with Crippen LogP contribution in [-0.4, -0.2) is 50.5 Å². The van der Waals surface area contributed by atoms with Gasteiger partial charge in [0.1, 0.15) is 12.6 Å². The maximum absolute atomic E-state index is 14.1. The summed E-state index contributed by atoms with van der Waals surface area (Å²) in [5.41, 5.74) is 1.97. The average Bonchev–Trinajstić information content (AvgIpc) is 2.96. The van der Waals surface area contributed by atoms with Crippen LogP contribution >= 0.6 is 23.4 Å². The highest BCUT2D eigenvalue weighted by Gasteiger charge is 2.33. The van der Waals surface area contributed by atoms with Gasteiger partial charge in [-0.05, 0) is 74.0 Å². The van der Waals surface area contributed by atoms with Gasteiger partial charge in [-0.3, -0.25) is 13.9 Å². The lowest BCUT2D eigenvalue weighted by molar-refractivity contribution is -0.140. The molecule has 0 aliphatic heterocycles. The monoisotopic (exact) mass is 601 g/mol. The molecule has 0 aromatic heterocycles. The molecule has 3 rings (SSSR count). The third kappa shape index (κ3) is 7.80. The van der Waals surface area contributed by atoms with Gasteiger partial charge in [0, 0.05) is 23.0 Å². The summed E-state index contributed by atoms with van der Waals surface area (Å²) >= 11 is 7.94. The second kappa shape index (κ2) is 14.6. The fourth-order valence-corrected chi connectivity index (χ4v) is 6.23. The summed E-state index contributed by atoms with van der Waals surface area (Å²) in [4.78, 5) is 29.6. The predicted molar refractivity (Wildman–Crippen MR) is 163 cm³/mol. The topological polar surface area (TPSA) is 86.8 Å². The van der Waals surface area contributed by atoms with E-state index in [1.807, 2.05) is 33.1 Å². The smallest absolute Gasteiger partial charge is 0.264 e. The molecule has 10 heteroatoms. The van der Waals surface area contributed by atoms with Crippen LogP contribution < -0.4 is 9.62 Å². The number of hydrogen-bond acceptors (Lipinski definition) is 5. The predicted octanol–water partition coefficient (Wildman–Crippen LogP) is 5.90. The summed E-state index contributed by atoms with van der Waals surface area (Å²) in [6.45, 7) is 5.72. The maximum Gasteiger partial charge on any atom is 0.264 e. The zero-order chi connectivity index (χ0) is 29.3. The Hall–Kier alpha value is -3.01. The van der Waals surface area contributed by atoms with Crippen LogP contribution in [0.4, 0.5) is 5.69 Å². The molecular weight excluding hydrogens is 566 g/mol. The first-order valence-corrected chi connectivity index (χ1v) is 16.2. The fourth-order valence-electron chi connectivity index (χ4n) is 4.21. The Kier molecular flexibility index (Phi) is 11.5. The molecule has 214 valence electrons. The number of aryl methyl sites for hydroxylation is 1. The molecule has 0 radical (unpaired) electrons. The largest absolute Gasteiger partial charge is 0.354 e. The van der Waals surface area contributed by atoms with Crippen LogP contribution in [0.2, 0.25) is 5.02 Å². The van der Waals surface area contributed by atoms with Gasteiger partial charge in [-0.2, -0.15) is 0 Å². The molecule has 0 bridgehead atoms. The number of sulfonamides is 1. The molecule has 7 nitrogen and oxygen atoms in total. The number of hydrogen-bond donors (Lipinski definition) is 1. The minimum Gasteiger partial charge on any atom is -0.354 e. The number of nitrogens with one attached hydrogen (secondary N) is 1. The number of nitrogens with zero attached hydrogens (tertiary/aromatic N) is 2. The molecule has 1 N–H and O–H groups in total. The molecular formula is C30H36ClN3O4S2.